The molecule has 1 fully saturated rings. The number of aliphatic hydroxyl groups excluding tert-OH is 2. The lowest BCUT2D eigenvalue weighted by atomic mass is 10.2. The molecule has 4 N–H and O–H groups in total. The van der Waals surface area contributed by atoms with Gasteiger partial charge in [-0.1, -0.05) is 0 Å². The van der Waals surface area contributed by atoms with Crippen molar-refractivity contribution in [1.29, 1.82) is 0 Å². The smallest absolute Gasteiger partial charge is 0.327 e. The maximum atomic E-state index is 11.6. The Morgan fingerprint density at radius 3 is 2.89 bits per heavy atom. The zero-order valence-corrected chi connectivity index (χ0v) is 9.87. The Morgan fingerprint density at radius 2 is 2.21 bits per heavy atom. The van der Waals surface area contributed by atoms with E-state index in [-0.39, 0.29) is 13.0 Å². The number of H-pyrrole nitrogens is 2. The lowest BCUT2D eigenvalue weighted by Gasteiger charge is -2.14. The average molecular weight is 267 g/mol. The van der Waals surface area contributed by atoms with E-state index in [4.69, 9.17) is 9.84 Å². The summed E-state index contributed by atoms with van der Waals surface area (Å²) in [5, 5.41) is 19.1. The van der Waals surface area contributed by atoms with Gasteiger partial charge in [0.2, 0.25) is 0 Å². The molecule has 2 aromatic rings. The molecule has 8 nitrogen and oxygen atoms in total. The van der Waals surface area contributed by atoms with Gasteiger partial charge in [0.15, 0.2) is 0 Å². The van der Waals surface area contributed by atoms with Crippen LogP contribution in [0.4, 0.5) is 0 Å². The molecule has 3 rings (SSSR count). The highest BCUT2D eigenvalue weighted by molar-refractivity contribution is 5.74. The van der Waals surface area contributed by atoms with Gasteiger partial charge >= 0.3 is 5.69 Å². The summed E-state index contributed by atoms with van der Waals surface area (Å²) in [6, 6.07) is 1.56. The average Bonchev–Trinajstić information content (AvgIpc) is 2.92. The van der Waals surface area contributed by atoms with E-state index in [9.17, 15) is 14.7 Å². The van der Waals surface area contributed by atoms with Crippen molar-refractivity contribution in [3.63, 3.8) is 0 Å². The van der Waals surface area contributed by atoms with Gasteiger partial charge in [-0.15, -0.1) is 0 Å². The highest BCUT2D eigenvalue weighted by atomic mass is 16.5. The molecular formula is C11H13N3O5. The second-order valence-corrected chi connectivity index (χ2v) is 4.51. The second kappa shape index (κ2) is 4.34. The molecule has 19 heavy (non-hydrogen) atoms. The summed E-state index contributed by atoms with van der Waals surface area (Å²) in [6.07, 6.45) is -0.0731. The number of hydrogen-bond acceptors (Lipinski definition) is 5. The summed E-state index contributed by atoms with van der Waals surface area (Å²) in [5.74, 6) is 0. The molecule has 0 amide bonds. The van der Waals surface area contributed by atoms with Crippen molar-refractivity contribution < 1.29 is 14.9 Å². The van der Waals surface area contributed by atoms with Crippen molar-refractivity contribution in [3.8, 4) is 0 Å². The summed E-state index contributed by atoms with van der Waals surface area (Å²) in [4.78, 5) is 27.6. The fraction of sp³-hybridized carbons (Fsp3) is 0.455. The van der Waals surface area contributed by atoms with Crippen LogP contribution in [0.3, 0.4) is 0 Å². The summed E-state index contributed by atoms with van der Waals surface area (Å²) < 4.78 is 7.06. The third-order valence-corrected chi connectivity index (χ3v) is 3.31. The molecule has 0 saturated carbocycles. The summed E-state index contributed by atoms with van der Waals surface area (Å²) in [7, 11) is 0. The first-order valence-corrected chi connectivity index (χ1v) is 5.87. The van der Waals surface area contributed by atoms with Crippen LogP contribution in [0.2, 0.25) is 0 Å². The van der Waals surface area contributed by atoms with E-state index in [0.717, 1.165) is 0 Å². The molecular weight excluding hydrogens is 254 g/mol. The Kier molecular flexibility index (Phi) is 2.77. The number of nitrogens with zero attached hydrogens (tertiary/aromatic N) is 1. The third kappa shape index (κ3) is 1.89. The normalized spacial score (nSPS) is 27.2. The number of rotatable bonds is 2. The van der Waals surface area contributed by atoms with Gasteiger partial charge in [0.1, 0.15) is 18.0 Å². The van der Waals surface area contributed by atoms with E-state index in [1.165, 1.54) is 0 Å². The van der Waals surface area contributed by atoms with Gasteiger partial charge in [-0.05, 0) is 6.07 Å². The van der Waals surface area contributed by atoms with E-state index in [0.29, 0.717) is 11.0 Å². The highest BCUT2D eigenvalue weighted by Gasteiger charge is 2.34. The third-order valence-electron chi connectivity index (χ3n) is 3.31. The van der Waals surface area contributed by atoms with E-state index < -0.39 is 29.7 Å². The molecule has 3 atom stereocenters. The fourth-order valence-electron chi connectivity index (χ4n) is 2.36. The van der Waals surface area contributed by atoms with Crippen LogP contribution in [0.25, 0.3) is 11.0 Å². The minimum Gasteiger partial charge on any atom is -0.394 e. The molecule has 2 aromatic heterocycles. The van der Waals surface area contributed by atoms with Crippen LogP contribution in [-0.2, 0) is 4.74 Å². The van der Waals surface area contributed by atoms with Gasteiger partial charge in [0.05, 0.1) is 18.1 Å². The van der Waals surface area contributed by atoms with Crippen LogP contribution in [0, 0.1) is 0 Å². The predicted molar refractivity (Wildman–Crippen MR) is 64.8 cm³/mol. The van der Waals surface area contributed by atoms with Gasteiger partial charge in [-0.25, -0.2) is 4.79 Å². The molecule has 0 bridgehead atoms. The zero-order chi connectivity index (χ0) is 13.6. The van der Waals surface area contributed by atoms with Crippen molar-refractivity contribution in [2.45, 2.75) is 24.9 Å². The van der Waals surface area contributed by atoms with Crippen molar-refractivity contribution in [2.75, 3.05) is 6.61 Å². The minimum atomic E-state index is -0.777. The van der Waals surface area contributed by atoms with Crippen molar-refractivity contribution in [3.05, 3.63) is 33.1 Å². The monoisotopic (exact) mass is 267 g/mol. The second-order valence-electron chi connectivity index (χ2n) is 4.51. The molecule has 0 spiro atoms. The number of aromatic amines is 2. The number of nitrogens with one attached hydrogen (secondary N) is 2. The number of hydrogen-bond donors (Lipinski definition) is 4. The van der Waals surface area contributed by atoms with Crippen molar-refractivity contribution >= 4 is 11.0 Å². The van der Waals surface area contributed by atoms with Crippen LogP contribution in [0.15, 0.2) is 21.9 Å². The van der Waals surface area contributed by atoms with Gasteiger partial charge in [0.25, 0.3) is 5.56 Å². The van der Waals surface area contributed by atoms with Crippen LogP contribution in [-0.4, -0.2) is 43.6 Å². The fourth-order valence-corrected chi connectivity index (χ4v) is 2.36. The van der Waals surface area contributed by atoms with E-state index in [1.54, 1.807) is 16.8 Å². The van der Waals surface area contributed by atoms with Gasteiger partial charge in [0, 0.05) is 12.6 Å². The zero-order valence-electron chi connectivity index (χ0n) is 9.87. The van der Waals surface area contributed by atoms with Crippen molar-refractivity contribution in [1.82, 2.24) is 14.5 Å². The summed E-state index contributed by atoms with van der Waals surface area (Å²) >= 11 is 0. The summed E-state index contributed by atoms with van der Waals surface area (Å²) in [5.41, 5.74) is -0.742. The van der Waals surface area contributed by atoms with Crippen LogP contribution in [0.1, 0.15) is 12.6 Å². The van der Waals surface area contributed by atoms with Gasteiger partial charge in [-0.3, -0.25) is 14.8 Å². The SMILES string of the molecule is O=c1[nH]c(=O)c2ccn(C3C[C@@H](O)[C@@H](CO)O3)c2[nH]1. The maximum Gasteiger partial charge on any atom is 0.327 e. The van der Waals surface area contributed by atoms with Crippen LogP contribution >= 0.6 is 0 Å². The van der Waals surface area contributed by atoms with E-state index in [1.807, 2.05) is 0 Å². The van der Waals surface area contributed by atoms with Crippen LogP contribution < -0.4 is 11.2 Å². The number of aromatic nitrogens is 3. The standard InChI is InChI=1S/C11H13N3O5/c15-4-7-6(16)3-8(19-7)14-2-1-5-9(14)12-11(18)13-10(5)17/h1-2,6-8,15-16H,3-4H2,(H2,12,13,17,18)/t6-,7-,8?/m1/s1. The summed E-state index contributed by atoms with van der Waals surface area (Å²) in [6.45, 7) is -0.284. The Labute approximate surface area is 106 Å². The first-order valence-electron chi connectivity index (χ1n) is 5.87. The number of aliphatic hydroxyl groups is 2. The molecule has 1 aliphatic rings. The Balaban J connectivity index is 2.07. The number of ether oxygens (including phenoxy) is 1. The highest BCUT2D eigenvalue weighted by Crippen LogP contribution is 2.30. The topological polar surface area (TPSA) is 120 Å². The Hall–Kier alpha value is -1.90. The molecule has 0 radical (unpaired) electrons. The molecule has 1 aliphatic heterocycles. The van der Waals surface area contributed by atoms with Crippen molar-refractivity contribution in [2.24, 2.45) is 0 Å². The first kappa shape index (κ1) is 12.2. The molecule has 3 heterocycles. The molecule has 102 valence electrons. The van der Waals surface area contributed by atoms with Gasteiger partial charge in [-0.2, -0.15) is 0 Å². The maximum absolute atomic E-state index is 11.6. The number of fused-ring (bicyclic) bond motifs is 1. The van der Waals surface area contributed by atoms with Crippen LogP contribution in [0.5, 0.6) is 0 Å². The quantitative estimate of drug-likeness (QED) is 0.536. The lowest BCUT2D eigenvalue weighted by Crippen LogP contribution is -2.24. The lowest BCUT2D eigenvalue weighted by molar-refractivity contribution is -0.0430. The van der Waals surface area contributed by atoms with E-state index >= 15 is 0 Å². The van der Waals surface area contributed by atoms with E-state index in [2.05, 4.69) is 9.97 Å². The Morgan fingerprint density at radius 1 is 1.42 bits per heavy atom. The van der Waals surface area contributed by atoms with Gasteiger partial charge < -0.3 is 19.5 Å². The molecule has 8 heteroatoms. The molecule has 1 unspecified atom stereocenters. The molecule has 1 saturated heterocycles. The largest absolute Gasteiger partial charge is 0.394 e. The molecule has 0 aliphatic carbocycles. The molecule has 0 aromatic carbocycles. The predicted octanol–water partition coefficient (Wildman–Crippen LogP) is -1.34. The minimum absolute atomic E-state index is 0.282. The first-order chi connectivity index (χ1) is 9.10. The Bertz CT molecular complexity index is 715.